The molecule has 0 heterocycles. The van der Waals surface area contributed by atoms with E-state index in [0.29, 0.717) is 0 Å². The molecule has 0 fully saturated rings. The number of hydrogen-bond donors (Lipinski definition) is 0. The molecule has 1 amide bonds. The summed E-state index contributed by atoms with van der Waals surface area (Å²) < 4.78 is 0. The second-order valence-corrected chi connectivity index (χ2v) is 4.32. The van der Waals surface area contributed by atoms with E-state index in [1.165, 1.54) is 4.90 Å². The number of rotatable bonds is 1. The Labute approximate surface area is 79.2 Å². The largest absolute Gasteiger partial charge is 0.320 e. The van der Waals surface area contributed by atoms with Crippen LogP contribution in [0.1, 0.15) is 34.6 Å². The van der Waals surface area contributed by atoms with Crippen molar-refractivity contribution in [2.45, 2.75) is 40.2 Å². The summed E-state index contributed by atoms with van der Waals surface area (Å²) in [5.74, 6) is 0. The lowest BCUT2D eigenvalue weighted by molar-refractivity contribution is 0.201. The minimum absolute atomic E-state index is 0.254. The fourth-order valence-electron chi connectivity index (χ4n) is 0.766. The Morgan fingerprint density at radius 2 is 1.75 bits per heavy atom. The molecule has 0 aliphatic rings. The molecule has 0 aliphatic carbocycles. The molecule has 0 aromatic heterocycles. The SMILES string of the molecule is CC(C)=CN(C(=O)Cl)C(C)(C)C. The third kappa shape index (κ3) is 3.77. The minimum Gasteiger partial charge on any atom is -0.300 e. The zero-order chi connectivity index (χ0) is 9.94. The molecule has 0 bridgehead atoms. The van der Waals surface area contributed by atoms with E-state index in [-0.39, 0.29) is 5.54 Å². The molecule has 2 nitrogen and oxygen atoms in total. The standard InChI is InChI=1S/C9H16ClNO/c1-7(2)6-11(8(10)12)9(3,4)5/h6H,1-5H3. The van der Waals surface area contributed by atoms with Gasteiger partial charge < -0.3 is 4.90 Å². The van der Waals surface area contributed by atoms with Crippen LogP contribution < -0.4 is 0 Å². The first-order chi connectivity index (χ1) is 5.25. The van der Waals surface area contributed by atoms with Crippen LogP contribution >= 0.6 is 11.6 Å². The number of hydrogen-bond acceptors (Lipinski definition) is 1. The Bertz CT molecular complexity index is 199. The first kappa shape index (κ1) is 11.5. The van der Waals surface area contributed by atoms with Gasteiger partial charge in [-0.15, -0.1) is 0 Å². The third-order valence-corrected chi connectivity index (χ3v) is 1.48. The Morgan fingerprint density at radius 1 is 1.33 bits per heavy atom. The molecule has 0 aromatic rings. The number of halogens is 1. The lowest BCUT2D eigenvalue weighted by Gasteiger charge is -2.31. The van der Waals surface area contributed by atoms with Crippen molar-refractivity contribution in [2.24, 2.45) is 0 Å². The monoisotopic (exact) mass is 189 g/mol. The second kappa shape index (κ2) is 3.94. The first-order valence-electron chi connectivity index (χ1n) is 3.89. The molecule has 0 unspecified atom stereocenters. The Kier molecular flexibility index (Phi) is 3.78. The van der Waals surface area contributed by atoms with Gasteiger partial charge in [0.25, 0.3) is 0 Å². The van der Waals surface area contributed by atoms with Crippen LogP contribution in [0.5, 0.6) is 0 Å². The first-order valence-corrected chi connectivity index (χ1v) is 4.27. The summed E-state index contributed by atoms with van der Waals surface area (Å²) in [7, 11) is 0. The molecule has 0 aliphatic heterocycles. The summed E-state index contributed by atoms with van der Waals surface area (Å²) in [5, 5.41) is -0.441. The number of allylic oxidation sites excluding steroid dienone is 1. The molecule has 0 atom stereocenters. The highest BCUT2D eigenvalue weighted by Crippen LogP contribution is 2.17. The normalized spacial score (nSPS) is 10.8. The average molecular weight is 190 g/mol. The van der Waals surface area contributed by atoms with Crippen molar-refractivity contribution in [3.05, 3.63) is 11.8 Å². The van der Waals surface area contributed by atoms with Crippen LogP contribution in [0.25, 0.3) is 0 Å². The molecular formula is C9H16ClNO. The molecule has 12 heavy (non-hydrogen) atoms. The van der Waals surface area contributed by atoms with Crippen LogP contribution in [-0.4, -0.2) is 15.8 Å². The lowest BCUT2D eigenvalue weighted by atomic mass is 10.1. The molecule has 70 valence electrons. The van der Waals surface area contributed by atoms with Crippen LogP contribution in [-0.2, 0) is 0 Å². The quantitative estimate of drug-likeness (QED) is 0.458. The predicted molar refractivity (Wildman–Crippen MR) is 52.3 cm³/mol. The van der Waals surface area contributed by atoms with E-state index in [1.54, 1.807) is 6.20 Å². The van der Waals surface area contributed by atoms with E-state index in [2.05, 4.69) is 0 Å². The van der Waals surface area contributed by atoms with E-state index >= 15 is 0 Å². The topological polar surface area (TPSA) is 20.3 Å². The second-order valence-electron chi connectivity index (χ2n) is 4.00. The highest BCUT2D eigenvalue weighted by Gasteiger charge is 2.22. The minimum atomic E-state index is -0.441. The van der Waals surface area contributed by atoms with Gasteiger partial charge >= 0.3 is 5.37 Å². The van der Waals surface area contributed by atoms with Gasteiger partial charge in [-0.2, -0.15) is 0 Å². The smallest absolute Gasteiger partial charge is 0.300 e. The molecule has 0 rings (SSSR count). The molecule has 3 heteroatoms. The van der Waals surface area contributed by atoms with Crippen molar-refractivity contribution < 1.29 is 4.79 Å². The summed E-state index contributed by atoms with van der Waals surface area (Å²) in [6, 6.07) is 0. The molecule has 0 saturated carbocycles. The number of amides is 1. The predicted octanol–water partition coefficient (Wildman–Crippen LogP) is 3.37. The number of carbonyl (C=O) groups excluding carboxylic acids is 1. The Hall–Kier alpha value is -0.500. The van der Waals surface area contributed by atoms with E-state index < -0.39 is 5.37 Å². The van der Waals surface area contributed by atoms with Gasteiger partial charge in [-0.1, -0.05) is 5.57 Å². The van der Waals surface area contributed by atoms with Gasteiger partial charge in [0.15, 0.2) is 0 Å². The van der Waals surface area contributed by atoms with Gasteiger partial charge in [-0.25, -0.2) is 0 Å². The Balaban J connectivity index is 4.70. The van der Waals surface area contributed by atoms with Gasteiger partial charge in [0.1, 0.15) is 0 Å². The maximum Gasteiger partial charge on any atom is 0.320 e. The fourth-order valence-corrected chi connectivity index (χ4v) is 1.07. The van der Waals surface area contributed by atoms with Crippen LogP contribution in [0.4, 0.5) is 4.79 Å². The zero-order valence-electron chi connectivity index (χ0n) is 8.31. The molecule has 0 saturated heterocycles. The van der Waals surface area contributed by atoms with E-state index in [0.717, 1.165) is 5.57 Å². The van der Waals surface area contributed by atoms with Crippen molar-refractivity contribution >= 4 is 17.0 Å². The highest BCUT2D eigenvalue weighted by atomic mass is 35.5. The van der Waals surface area contributed by atoms with E-state index in [4.69, 9.17) is 11.6 Å². The fraction of sp³-hybridized carbons (Fsp3) is 0.667. The average Bonchev–Trinajstić information content (AvgIpc) is 1.79. The van der Waals surface area contributed by atoms with Gasteiger partial charge in [0.2, 0.25) is 0 Å². The Morgan fingerprint density at radius 3 is 1.83 bits per heavy atom. The maximum atomic E-state index is 11.0. The molecule has 0 aromatic carbocycles. The van der Waals surface area contributed by atoms with Crippen molar-refractivity contribution in [3.8, 4) is 0 Å². The van der Waals surface area contributed by atoms with Crippen LogP contribution in [0, 0.1) is 0 Å². The van der Waals surface area contributed by atoms with Gasteiger partial charge in [0, 0.05) is 11.7 Å². The molecule has 0 spiro atoms. The summed E-state index contributed by atoms with van der Waals surface area (Å²) in [5.41, 5.74) is 0.801. The van der Waals surface area contributed by atoms with Crippen molar-refractivity contribution in [1.82, 2.24) is 4.90 Å². The third-order valence-electron chi connectivity index (χ3n) is 1.30. The number of carbonyl (C=O) groups is 1. The van der Waals surface area contributed by atoms with Crippen LogP contribution in [0.3, 0.4) is 0 Å². The summed E-state index contributed by atoms with van der Waals surface area (Å²) in [6.45, 7) is 9.67. The number of nitrogens with zero attached hydrogens (tertiary/aromatic N) is 1. The maximum absolute atomic E-state index is 11.0. The lowest BCUT2D eigenvalue weighted by Crippen LogP contribution is -2.39. The summed E-state index contributed by atoms with van der Waals surface area (Å²) in [4.78, 5) is 12.5. The zero-order valence-corrected chi connectivity index (χ0v) is 9.07. The van der Waals surface area contributed by atoms with Crippen molar-refractivity contribution in [2.75, 3.05) is 0 Å². The van der Waals surface area contributed by atoms with E-state index in [1.807, 2.05) is 34.6 Å². The van der Waals surface area contributed by atoms with Crippen LogP contribution in [0.2, 0.25) is 0 Å². The van der Waals surface area contributed by atoms with Crippen molar-refractivity contribution in [3.63, 3.8) is 0 Å². The van der Waals surface area contributed by atoms with Gasteiger partial charge in [-0.05, 0) is 46.2 Å². The molecule has 0 N–H and O–H groups in total. The molecular weight excluding hydrogens is 174 g/mol. The molecule has 0 radical (unpaired) electrons. The summed E-state index contributed by atoms with van der Waals surface area (Å²) in [6.07, 6.45) is 1.76. The summed E-state index contributed by atoms with van der Waals surface area (Å²) >= 11 is 5.41. The van der Waals surface area contributed by atoms with Crippen LogP contribution in [0.15, 0.2) is 11.8 Å². The van der Waals surface area contributed by atoms with Gasteiger partial charge in [0.05, 0.1) is 0 Å². The van der Waals surface area contributed by atoms with Gasteiger partial charge in [-0.3, -0.25) is 4.79 Å². The van der Waals surface area contributed by atoms with E-state index in [9.17, 15) is 4.79 Å². The van der Waals surface area contributed by atoms with Crippen molar-refractivity contribution in [1.29, 1.82) is 0 Å². The highest BCUT2D eigenvalue weighted by molar-refractivity contribution is 6.63.